The van der Waals surface area contributed by atoms with E-state index in [1.807, 2.05) is 24.3 Å². The molecule has 0 amide bonds. The highest BCUT2D eigenvalue weighted by atomic mass is 16.5. The van der Waals surface area contributed by atoms with Crippen LogP contribution in [0.15, 0.2) is 60.9 Å². The number of hydrogen-bond acceptors (Lipinski definition) is 7. The Bertz CT molecular complexity index is 819. The van der Waals surface area contributed by atoms with E-state index in [9.17, 15) is 0 Å². The summed E-state index contributed by atoms with van der Waals surface area (Å²) in [6, 6.07) is 16.5. The van der Waals surface area contributed by atoms with Crippen LogP contribution in [0.25, 0.3) is 0 Å². The molecular weight excluding hydrogens is 402 g/mol. The van der Waals surface area contributed by atoms with Gasteiger partial charge in [-0.3, -0.25) is 4.90 Å². The van der Waals surface area contributed by atoms with Crippen molar-refractivity contribution < 1.29 is 9.47 Å². The molecule has 7 nitrogen and oxygen atoms in total. The fourth-order valence-electron chi connectivity index (χ4n) is 3.93. The monoisotopic (exact) mass is 439 g/mol. The predicted molar refractivity (Wildman–Crippen MR) is 131 cm³/mol. The minimum absolute atomic E-state index is 0.723. The number of methoxy groups -OCH3 is 1. The van der Waals surface area contributed by atoms with E-state index in [0.717, 1.165) is 76.6 Å². The number of hydrogen-bond donors (Lipinski definition) is 2. The van der Waals surface area contributed by atoms with Crippen molar-refractivity contribution in [3.63, 3.8) is 0 Å². The SMILES string of the molecule is COc1ccccc1N1CCN(CCCCOc2ccc(CCN(N)/C=C\N)cc2)CC1. The van der Waals surface area contributed by atoms with Crippen LogP contribution in [-0.4, -0.2) is 62.9 Å². The minimum atomic E-state index is 0.723. The first-order chi connectivity index (χ1) is 15.7. The summed E-state index contributed by atoms with van der Waals surface area (Å²) < 4.78 is 11.4. The van der Waals surface area contributed by atoms with E-state index < -0.39 is 0 Å². The molecule has 7 heteroatoms. The molecule has 32 heavy (non-hydrogen) atoms. The Balaban J connectivity index is 1.29. The maximum absolute atomic E-state index is 5.91. The van der Waals surface area contributed by atoms with Crippen LogP contribution < -0.4 is 25.9 Å². The van der Waals surface area contributed by atoms with E-state index in [2.05, 4.69) is 34.1 Å². The van der Waals surface area contributed by atoms with Crippen LogP contribution in [0.2, 0.25) is 0 Å². The highest BCUT2D eigenvalue weighted by molar-refractivity contribution is 5.58. The van der Waals surface area contributed by atoms with Crippen LogP contribution in [0.5, 0.6) is 11.5 Å². The molecule has 174 valence electrons. The third-order valence-electron chi connectivity index (χ3n) is 5.80. The fourth-order valence-corrected chi connectivity index (χ4v) is 3.93. The van der Waals surface area contributed by atoms with Gasteiger partial charge in [-0.1, -0.05) is 24.3 Å². The second-order valence-electron chi connectivity index (χ2n) is 8.03. The molecule has 1 aliphatic rings. The summed E-state index contributed by atoms with van der Waals surface area (Å²) in [5.41, 5.74) is 7.76. The third-order valence-corrected chi connectivity index (χ3v) is 5.80. The van der Waals surface area contributed by atoms with Gasteiger partial charge in [0.1, 0.15) is 11.5 Å². The number of benzene rings is 2. The van der Waals surface area contributed by atoms with E-state index in [1.165, 1.54) is 17.5 Å². The third kappa shape index (κ3) is 7.35. The van der Waals surface area contributed by atoms with Gasteiger partial charge in [-0.05, 0) is 55.6 Å². The number of unbranched alkanes of at least 4 members (excludes halogenated alkanes) is 1. The number of piperazine rings is 1. The first-order valence-corrected chi connectivity index (χ1v) is 11.4. The molecular formula is C25H37N5O2. The molecule has 2 aromatic carbocycles. The minimum Gasteiger partial charge on any atom is -0.495 e. The maximum Gasteiger partial charge on any atom is 0.142 e. The van der Waals surface area contributed by atoms with Gasteiger partial charge >= 0.3 is 0 Å². The Morgan fingerprint density at radius 2 is 1.75 bits per heavy atom. The molecule has 0 spiro atoms. The zero-order chi connectivity index (χ0) is 22.6. The molecule has 0 radical (unpaired) electrons. The molecule has 0 atom stereocenters. The molecule has 4 N–H and O–H groups in total. The Morgan fingerprint density at radius 3 is 2.47 bits per heavy atom. The van der Waals surface area contributed by atoms with E-state index in [1.54, 1.807) is 18.3 Å². The molecule has 1 fully saturated rings. The van der Waals surface area contributed by atoms with Crippen molar-refractivity contribution in [2.45, 2.75) is 19.3 Å². The molecule has 0 unspecified atom stereocenters. The number of nitrogens with two attached hydrogens (primary N) is 2. The molecule has 0 saturated carbocycles. The number of para-hydroxylation sites is 2. The molecule has 1 aliphatic heterocycles. The van der Waals surface area contributed by atoms with Crippen molar-refractivity contribution in [2.24, 2.45) is 11.6 Å². The van der Waals surface area contributed by atoms with Gasteiger partial charge in [-0.2, -0.15) is 0 Å². The van der Waals surface area contributed by atoms with Gasteiger partial charge in [0.15, 0.2) is 0 Å². The van der Waals surface area contributed by atoms with Gasteiger partial charge in [0.05, 0.1) is 19.4 Å². The highest BCUT2D eigenvalue weighted by Gasteiger charge is 2.19. The normalized spacial score (nSPS) is 14.6. The largest absolute Gasteiger partial charge is 0.495 e. The van der Waals surface area contributed by atoms with E-state index in [0.29, 0.717) is 0 Å². The van der Waals surface area contributed by atoms with E-state index in [-0.39, 0.29) is 0 Å². The molecule has 3 rings (SSSR count). The topological polar surface area (TPSA) is 80.2 Å². The van der Waals surface area contributed by atoms with Crippen LogP contribution >= 0.6 is 0 Å². The van der Waals surface area contributed by atoms with Gasteiger partial charge in [0.25, 0.3) is 0 Å². The first kappa shape index (κ1) is 23.8. The van der Waals surface area contributed by atoms with Crippen LogP contribution in [0, 0.1) is 0 Å². The number of nitrogens with zero attached hydrogens (tertiary/aromatic N) is 3. The lowest BCUT2D eigenvalue weighted by Crippen LogP contribution is -2.46. The molecule has 2 aromatic rings. The summed E-state index contributed by atoms with van der Waals surface area (Å²) >= 11 is 0. The average molecular weight is 440 g/mol. The van der Waals surface area contributed by atoms with Crippen LogP contribution in [-0.2, 0) is 6.42 Å². The predicted octanol–water partition coefficient (Wildman–Crippen LogP) is 2.82. The number of ether oxygens (including phenoxy) is 2. The summed E-state index contributed by atoms with van der Waals surface area (Å²) in [7, 11) is 1.74. The van der Waals surface area contributed by atoms with Gasteiger partial charge in [0.2, 0.25) is 0 Å². The Hall–Kier alpha value is -2.90. The molecule has 1 saturated heterocycles. The highest BCUT2D eigenvalue weighted by Crippen LogP contribution is 2.28. The van der Waals surface area contributed by atoms with Crippen molar-refractivity contribution in [3.05, 3.63) is 66.5 Å². The lowest BCUT2D eigenvalue weighted by Gasteiger charge is -2.36. The van der Waals surface area contributed by atoms with Crippen molar-refractivity contribution in [2.75, 3.05) is 57.9 Å². The first-order valence-electron chi connectivity index (χ1n) is 11.4. The van der Waals surface area contributed by atoms with E-state index in [4.69, 9.17) is 21.1 Å². The van der Waals surface area contributed by atoms with Crippen molar-refractivity contribution in [1.82, 2.24) is 9.91 Å². The summed E-state index contributed by atoms with van der Waals surface area (Å²) in [5.74, 6) is 7.66. The summed E-state index contributed by atoms with van der Waals surface area (Å²) in [5, 5.41) is 1.59. The number of hydrazine groups is 1. The van der Waals surface area contributed by atoms with Crippen molar-refractivity contribution >= 4 is 5.69 Å². The summed E-state index contributed by atoms with van der Waals surface area (Å²) in [4.78, 5) is 4.96. The summed E-state index contributed by atoms with van der Waals surface area (Å²) in [6.07, 6.45) is 6.18. The Labute approximate surface area is 192 Å². The average Bonchev–Trinajstić information content (AvgIpc) is 2.84. The quantitative estimate of drug-likeness (QED) is 0.299. The van der Waals surface area contributed by atoms with Crippen LogP contribution in [0.3, 0.4) is 0 Å². The zero-order valence-corrected chi connectivity index (χ0v) is 19.2. The van der Waals surface area contributed by atoms with Crippen molar-refractivity contribution in [3.8, 4) is 11.5 Å². The molecule has 1 heterocycles. The zero-order valence-electron chi connectivity index (χ0n) is 19.2. The fraction of sp³-hybridized carbons (Fsp3) is 0.440. The lowest BCUT2D eigenvalue weighted by molar-refractivity contribution is 0.238. The van der Waals surface area contributed by atoms with Crippen LogP contribution in [0.4, 0.5) is 5.69 Å². The standard InChI is InChI=1S/C25H37N5O2/c1-31-25-7-3-2-6-24(25)29-19-17-28(18-20-29)14-4-5-21-32-23-10-8-22(9-11-23)12-15-30(27)16-13-26/h2-3,6-11,13,16H,4-5,12,14-15,17-21,26-27H2,1H3/b16-13-. The number of anilines is 1. The summed E-state index contributed by atoms with van der Waals surface area (Å²) in [6.45, 7) is 6.83. The Kier molecular flexibility index (Phi) is 9.53. The van der Waals surface area contributed by atoms with Gasteiger partial charge in [-0.25, -0.2) is 5.84 Å². The second-order valence-corrected chi connectivity index (χ2v) is 8.03. The van der Waals surface area contributed by atoms with Gasteiger partial charge < -0.3 is 25.1 Å². The van der Waals surface area contributed by atoms with Gasteiger partial charge in [-0.15, -0.1) is 0 Å². The smallest absolute Gasteiger partial charge is 0.142 e. The molecule has 0 aromatic heterocycles. The van der Waals surface area contributed by atoms with Crippen LogP contribution in [0.1, 0.15) is 18.4 Å². The van der Waals surface area contributed by atoms with Gasteiger partial charge in [0, 0.05) is 45.1 Å². The number of rotatable bonds is 12. The van der Waals surface area contributed by atoms with E-state index >= 15 is 0 Å². The molecule has 0 aliphatic carbocycles. The van der Waals surface area contributed by atoms with Crippen molar-refractivity contribution in [1.29, 1.82) is 0 Å². The second kappa shape index (κ2) is 12.8. The Morgan fingerprint density at radius 1 is 1.00 bits per heavy atom. The molecule has 0 bridgehead atoms. The maximum atomic E-state index is 5.91. The lowest BCUT2D eigenvalue weighted by atomic mass is 10.1.